The van der Waals surface area contributed by atoms with Crippen LogP contribution in [0.15, 0.2) is 90.5 Å². The second-order valence-corrected chi connectivity index (χ2v) is 13.8. The molecule has 1 saturated heterocycles. The summed E-state index contributed by atoms with van der Waals surface area (Å²) in [5, 5.41) is 2.43. The SMILES string of the molecule is COc1cc(/C=C2\C(=O)NC(=O)N(c3cc4c5c(c3)[C@@H](c3ccccc3)CCN5CC[C@@H]4c3ccccc3)C2=O)cc(I)c1OC(C)C. The summed E-state index contributed by atoms with van der Waals surface area (Å²) in [6.45, 7) is 5.71. The van der Waals surface area contributed by atoms with Crippen molar-refractivity contribution >= 4 is 57.9 Å². The van der Waals surface area contributed by atoms with E-state index in [-0.39, 0.29) is 23.5 Å². The van der Waals surface area contributed by atoms with Crippen molar-refractivity contribution in [1.82, 2.24) is 5.32 Å². The number of carbonyl (C=O) groups is 3. The van der Waals surface area contributed by atoms with Gasteiger partial charge in [0.15, 0.2) is 11.5 Å². The molecule has 48 heavy (non-hydrogen) atoms. The van der Waals surface area contributed by atoms with Crippen LogP contribution >= 0.6 is 22.6 Å². The molecule has 4 aromatic rings. The van der Waals surface area contributed by atoms with Crippen molar-refractivity contribution in [2.75, 3.05) is 30.0 Å². The number of rotatable bonds is 7. The molecule has 1 fully saturated rings. The van der Waals surface area contributed by atoms with Gasteiger partial charge in [-0.1, -0.05) is 60.7 Å². The van der Waals surface area contributed by atoms with Crippen LogP contribution in [0.4, 0.5) is 16.2 Å². The number of ether oxygens (including phenoxy) is 2. The molecule has 4 aromatic carbocycles. The fourth-order valence-corrected chi connectivity index (χ4v) is 7.95. The van der Waals surface area contributed by atoms with E-state index in [2.05, 4.69) is 57.1 Å². The fraction of sp³-hybridized carbons (Fsp3) is 0.256. The quantitative estimate of drug-likeness (QED) is 0.119. The summed E-state index contributed by atoms with van der Waals surface area (Å²) >= 11 is 2.15. The molecule has 3 heterocycles. The van der Waals surface area contributed by atoms with Crippen LogP contribution < -0.4 is 24.6 Å². The molecule has 0 unspecified atom stereocenters. The van der Waals surface area contributed by atoms with Crippen LogP contribution in [-0.2, 0) is 9.59 Å². The van der Waals surface area contributed by atoms with E-state index in [1.807, 2.05) is 68.4 Å². The summed E-state index contributed by atoms with van der Waals surface area (Å²) in [5.74, 6) is -0.172. The van der Waals surface area contributed by atoms with E-state index in [1.54, 1.807) is 13.2 Å². The molecule has 0 spiro atoms. The highest BCUT2D eigenvalue weighted by Crippen LogP contribution is 2.50. The average Bonchev–Trinajstić information content (AvgIpc) is 3.08. The van der Waals surface area contributed by atoms with Crippen LogP contribution in [0.5, 0.6) is 11.5 Å². The van der Waals surface area contributed by atoms with E-state index in [4.69, 9.17) is 9.47 Å². The van der Waals surface area contributed by atoms with E-state index in [0.29, 0.717) is 22.7 Å². The first kappa shape index (κ1) is 31.9. The van der Waals surface area contributed by atoms with Gasteiger partial charge in [-0.2, -0.15) is 0 Å². The van der Waals surface area contributed by atoms with Gasteiger partial charge in [-0.15, -0.1) is 0 Å². The summed E-state index contributed by atoms with van der Waals surface area (Å²) in [7, 11) is 1.55. The van der Waals surface area contributed by atoms with Crippen LogP contribution in [0, 0.1) is 3.57 Å². The van der Waals surface area contributed by atoms with Crippen molar-refractivity contribution in [3.8, 4) is 11.5 Å². The van der Waals surface area contributed by atoms with Crippen molar-refractivity contribution in [2.24, 2.45) is 0 Å². The van der Waals surface area contributed by atoms with Crippen molar-refractivity contribution in [2.45, 2.75) is 44.6 Å². The molecule has 0 radical (unpaired) electrons. The molecule has 9 heteroatoms. The Kier molecular flexibility index (Phi) is 8.72. The lowest BCUT2D eigenvalue weighted by atomic mass is 9.76. The Morgan fingerprint density at radius 3 is 1.98 bits per heavy atom. The second-order valence-electron chi connectivity index (χ2n) is 12.6. The van der Waals surface area contributed by atoms with Gasteiger partial charge in [0.2, 0.25) is 0 Å². The van der Waals surface area contributed by atoms with Crippen molar-refractivity contribution in [3.05, 3.63) is 122 Å². The van der Waals surface area contributed by atoms with Gasteiger partial charge in [-0.05, 0) is 107 Å². The molecule has 0 bridgehead atoms. The molecule has 4 amide bonds. The highest BCUT2D eigenvalue weighted by Gasteiger charge is 2.40. The largest absolute Gasteiger partial charge is 0.493 e. The van der Waals surface area contributed by atoms with E-state index in [9.17, 15) is 14.4 Å². The number of anilines is 2. The molecule has 0 saturated carbocycles. The van der Waals surface area contributed by atoms with Gasteiger partial charge in [0.1, 0.15) is 5.57 Å². The maximum atomic E-state index is 14.3. The Labute approximate surface area is 293 Å². The normalized spacial score (nSPS) is 19.8. The van der Waals surface area contributed by atoms with Gasteiger partial charge in [0, 0.05) is 30.6 Å². The molecular formula is C39H36IN3O5. The van der Waals surface area contributed by atoms with Gasteiger partial charge in [0.05, 0.1) is 22.5 Å². The maximum Gasteiger partial charge on any atom is 0.335 e. The van der Waals surface area contributed by atoms with Gasteiger partial charge in [-0.25, -0.2) is 9.69 Å². The number of urea groups is 1. The lowest BCUT2D eigenvalue weighted by Crippen LogP contribution is -2.54. The Balaban J connectivity index is 1.35. The number of barbiturate groups is 1. The third-order valence-electron chi connectivity index (χ3n) is 9.28. The number of hydrogen-bond acceptors (Lipinski definition) is 6. The summed E-state index contributed by atoms with van der Waals surface area (Å²) in [6, 6.07) is 27.5. The standard InChI is InChI=1S/C39H36IN3O5/c1-23(2)48-36-33(40)19-24(20-34(36)47-3)18-32-37(44)41-39(46)43(38(32)45)27-21-30-28(25-10-6-4-7-11-25)14-16-42-17-15-29(31(22-27)35(30)42)26-12-8-5-9-13-26/h4-13,18-23,28-29H,14-17H2,1-3H3,(H,41,44,46)/b32-18+/t28-,29-/m1/s1. The van der Waals surface area contributed by atoms with E-state index >= 15 is 0 Å². The predicted octanol–water partition coefficient (Wildman–Crippen LogP) is 7.63. The molecule has 1 N–H and O–H groups in total. The first-order valence-corrected chi connectivity index (χ1v) is 17.3. The summed E-state index contributed by atoms with van der Waals surface area (Å²) in [4.78, 5) is 44.6. The second kappa shape index (κ2) is 13.1. The van der Waals surface area contributed by atoms with Crippen molar-refractivity contribution in [3.63, 3.8) is 0 Å². The molecule has 244 valence electrons. The van der Waals surface area contributed by atoms with E-state index in [1.165, 1.54) is 22.9 Å². The van der Waals surface area contributed by atoms with Crippen LogP contribution in [0.25, 0.3) is 6.08 Å². The van der Waals surface area contributed by atoms with Crippen molar-refractivity contribution in [1.29, 1.82) is 0 Å². The first-order chi connectivity index (χ1) is 23.2. The molecule has 3 aliphatic heterocycles. The van der Waals surface area contributed by atoms with Gasteiger partial charge in [-0.3, -0.25) is 14.9 Å². The topological polar surface area (TPSA) is 88.2 Å². The molecule has 0 aromatic heterocycles. The Morgan fingerprint density at radius 1 is 0.854 bits per heavy atom. The molecule has 7 rings (SSSR count). The third kappa shape index (κ3) is 5.85. The number of amides is 4. The van der Waals surface area contributed by atoms with Gasteiger partial charge < -0.3 is 14.4 Å². The Bertz CT molecular complexity index is 1870. The van der Waals surface area contributed by atoms with Crippen LogP contribution in [0.2, 0.25) is 0 Å². The minimum Gasteiger partial charge on any atom is -0.493 e. The van der Waals surface area contributed by atoms with Crippen LogP contribution in [0.1, 0.15) is 66.3 Å². The number of nitrogens with one attached hydrogen (secondary N) is 1. The molecule has 2 atom stereocenters. The first-order valence-electron chi connectivity index (χ1n) is 16.2. The van der Waals surface area contributed by atoms with Crippen LogP contribution in [-0.4, -0.2) is 44.1 Å². The number of imide groups is 2. The number of halogens is 1. The minimum atomic E-state index is -0.766. The number of methoxy groups -OCH3 is 1. The van der Waals surface area contributed by atoms with E-state index < -0.39 is 17.8 Å². The zero-order chi connectivity index (χ0) is 33.5. The number of nitrogens with zero attached hydrogens (tertiary/aromatic N) is 2. The van der Waals surface area contributed by atoms with Gasteiger partial charge >= 0.3 is 6.03 Å². The summed E-state index contributed by atoms with van der Waals surface area (Å²) in [6.07, 6.45) is 3.26. The van der Waals surface area contributed by atoms with E-state index in [0.717, 1.165) is 45.5 Å². The zero-order valence-corrected chi connectivity index (χ0v) is 29.2. The van der Waals surface area contributed by atoms with Gasteiger partial charge in [0.25, 0.3) is 11.8 Å². The molecule has 0 aliphatic carbocycles. The van der Waals surface area contributed by atoms with Crippen LogP contribution in [0.3, 0.4) is 0 Å². The molecule has 8 nitrogen and oxygen atoms in total. The summed E-state index contributed by atoms with van der Waals surface area (Å²) in [5.41, 5.74) is 6.62. The third-order valence-corrected chi connectivity index (χ3v) is 10.1. The van der Waals surface area contributed by atoms with Crippen molar-refractivity contribution < 1.29 is 23.9 Å². The lowest BCUT2D eigenvalue weighted by Gasteiger charge is -2.44. The monoisotopic (exact) mass is 753 g/mol. The highest BCUT2D eigenvalue weighted by atomic mass is 127. The smallest absolute Gasteiger partial charge is 0.335 e. The predicted molar refractivity (Wildman–Crippen MR) is 195 cm³/mol. The number of carbonyl (C=O) groups excluding carboxylic acids is 3. The summed E-state index contributed by atoms with van der Waals surface area (Å²) < 4.78 is 12.3. The number of hydrogen-bond donors (Lipinski definition) is 1. The minimum absolute atomic E-state index is 0.0706. The molecular weight excluding hydrogens is 717 g/mol. The average molecular weight is 754 g/mol. The maximum absolute atomic E-state index is 14.3. The highest BCUT2D eigenvalue weighted by molar-refractivity contribution is 14.1. The Hall–Kier alpha value is -4.64. The number of benzene rings is 4. The molecule has 3 aliphatic rings. The zero-order valence-electron chi connectivity index (χ0n) is 27.0. The Morgan fingerprint density at radius 2 is 1.44 bits per heavy atom. The fourth-order valence-electron chi connectivity index (χ4n) is 7.20. The lowest BCUT2D eigenvalue weighted by molar-refractivity contribution is -0.122.